The maximum Gasteiger partial charge on any atom is 0.266 e. The topological polar surface area (TPSA) is 86.6 Å². The van der Waals surface area contributed by atoms with Gasteiger partial charge in [-0.05, 0) is 24.6 Å². The van der Waals surface area contributed by atoms with Gasteiger partial charge in [0.25, 0.3) is 5.91 Å². The second-order valence-electron chi connectivity index (χ2n) is 4.95. The summed E-state index contributed by atoms with van der Waals surface area (Å²) < 4.78 is 0. The highest BCUT2D eigenvalue weighted by molar-refractivity contribution is 6.31. The number of rotatable bonds is 1. The minimum atomic E-state index is -2.16. The van der Waals surface area contributed by atoms with E-state index < -0.39 is 17.3 Å². The number of ketones is 1. The van der Waals surface area contributed by atoms with Crippen LogP contribution in [0, 0.1) is 0 Å². The van der Waals surface area contributed by atoms with Gasteiger partial charge in [0.05, 0.1) is 5.57 Å². The van der Waals surface area contributed by atoms with E-state index in [4.69, 9.17) is 11.6 Å². The Hall–Kier alpha value is -1.85. The Labute approximate surface area is 119 Å². The Morgan fingerprint density at radius 3 is 2.70 bits per heavy atom. The summed E-state index contributed by atoms with van der Waals surface area (Å²) in [5.41, 5.74) is -1.81. The Bertz CT molecular complexity index is 667. The van der Waals surface area contributed by atoms with Gasteiger partial charge in [-0.1, -0.05) is 11.6 Å². The van der Waals surface area contributed by atoms with Gasteiger partial charge >= 0.3 is 0 Å². The van der Waals surface area contributed by atoms with E-state index in [1.165, 1.54) is 6.07 Å². The van der Waals surface area contributed by atoms with E-state index in [1.807, 2.05) is 0 Å². The quantitative estimate of drug-likeness (QED) is 0.739. The van der Waals surface area contributed by atoms with Crippen LogP contribution in [0.3, 0.4) is 0 Å². The van der Waals surface area contributed by atoms with Gasteiger partial charge in [-0.2, -0.15) is 0 Å². The number of aliphatic hydroxyl groups excluding tert-OH is 1. The molecule has 0 saturated carbocycles. The fraction of sp³-hybridized carbons (Fsp3) is 0.286. The lowest BCUT2D eigenvalue weighted by molar-refractivity contribution is -0.134. The Morgan fingerprint density at radius 1 is 1.25 bits per heavy atom. The number of hydrogen-bond donors (Lipinski definition) is 3. The van der Waals surface area contributed by atoms with Crippen LogP contribution in [0.5, 0.6) is 0 Å². The van der Waals surface area contributed by atoms with Crippen LogP contribution in [0.15, 0.2) is 29.5 Å². The molecule has 0 aromatic heterocycles. The largest absolute Gasteiger partial charge is 0.512 e. The number of fused-ring (bicyclic) bond motifs is 1. The first-order chi connectivity index (χ1) is 9.44. The molecular formula is C14H12ClNO4. The van der Waals surface area contributed by atoms with Crippen molar-refractivity contribution in [3.8, 4) is 0 Å². The van der Waals surface area contributed by atoms with Crippen molar-refractivity contribution in [1.29, 1.82) is 0 Å². The molecule has 1 unspecified atom stereocenters. The molecule has 1 aromatic rings. The van der Waals surface area contributed by atoms with Crippen LogP contribution in [-0.2, 0) is 15.2 Å². The fourth-order valence-corrected chi connectivity index (χ4v) is 2.92. The van der Waals surface area contributed by atoms with Crippen molar-refractivity contribution in [3.63, 3.8) is 0 Å². The first-order valence-electron chi connectivity index (χ1n) is 6.24. The minimum absolute atomic E-state index is 0.199. The lowest BCUT2D eigenvalue weighted by atomic mass is 9.80. The van der Waals surface area contributed by atoms with Crippen molar-refractivity contribution in [3.05, 3.63) is 40.1 Å². The molecule has 3 rings (SSSR count). The molecule has 0 saturated heterocycles. The molecule has 5 nitrogen and oxygen atoms in total. The molecule has 1 aromatic carbocycles. The average molecular weight is 294 g/mol. The lowest BCUT2D eigenvalue weighted by Crippen LogP contribution is -2.41. The van der Waals surface area contributed by atoms with Crippen molar-refractivity contribution >= 4 is 29.0 Å². The first kappa shape index (κ1) is 13.1. The van der Waals surface area contributed by atoms with E-state index in [2.05, 4.69) is 5.32 Å². The van der Waals surface area contributed by atoms with E-state index in [1.54, 1.807) is 12.1 Å². The summed E-state index contributed by atoms with van der Waals surface area (Å²) >= 11 is 5.90. The van der Waals surface area contributed by atoms with Crippen molar-refractivity contribution in [1.82, 2.24) is 0 Å². The number of aliphatic hydroxyl groups is 2. The van der Waals surface area contributed by atoms with Crippen LogP contribution in [0.2, 0.25) is 5.02 Å². The Morgan fingerprint density at radius 2 is 2.00 bits per heavy atom. The molecule has 1 heterocycles. The van der Waals surface area contributed by atoms with Crippen LogP contribution in [0.1, 0.15) is 24.8 Å². The van der Waals surface area contributed by atoms with Crippen LogP contribution >= 0.6 is 11.6 Å². The second-order valence-corrected chi connectivity index (χ2v) is 5.39. The Kier molecular flexibility index (Phi) is 2.84. The van der Waals surface area contributed by atoms with Crippen molar-refractivity contribution in [2.75, 3.05) is 5.32 Å². The summed E-state index contributed by atoms with van der Waals surface area (Å²) in [6.07, 6.45) is 0.978. The highest BCUT2D eigenvalue weighted by Gasteiger charge is 2.52. The summed E-state index contributed by atoms with van der Waals surface area (Å²) in [5.74, 6) is -1.39. The van der Waals surface area contributed by atoms with Crippen molar-refractivity contribution in [2.24, 2.45) is 0 Å². The molecule has 6 heteroatoms. The molecule has 0 fully saturated rings. The SMILES string of the molecule is O=C1CCCC(O)=C1C1(O)C(=O)Nc2ccc(Cl)cc21. The zero-order chi connectivity index (χ0) is 14.5. The maximum atomic E-state index is 12.2. The smallest absolute Gasteiger partial charge is 0.266 e. The molecule has 1 atom stereocenters. The monoisotopic (exact) mass is 293 g/mol. The van der Waals surface area contributed by atoms with Gasteiger partial charge in [0.2, 0.25) is 5.60 Å². The summed E-state index contributed by atoms with van der Waals surface area (Å²) in [6.45, 7) is 0. The fourth-order valence-electron chi connectivity index (χ4n) is 2.75. The highest BCUT2D eigenvalue weighted by Crippen LogP contribution is 2.45. The van der Waals surface area contributed by atoms with Gasteiger partial charge < -0.3 is 15.5 Å². The predicted molar refractivity (Wildman–Crippen MR) is 72.5 cm³/mol. The molecule has 3 N–H and O–H groups in total. The molecule has 104 valence electrons. The van der Waals surface area contributed by atoms with Gasteiger partial charge in [0, 0.05) is 29.1 Å². The molecule has 0 spiro atoms. The van der Waals surface area contributed by atoms with Crippen LogP contribution in [0.4, 0.5) is 5.69 Å². The summed E-state index contributed by atoms with van der Waals surface area (Å²) in [5, 5.41) is 23.6. The number of halogens is 1. The van der Waals surface area contributed by atoms with Crippen molar-refractivity contribution in [2.45, 2.75) is 24.9 Å². The molecule has 1 aliphatic carbocycles. The summed E-state index contributed by atoms with van der Waals surface area (Å²) in [6, 6.07) is 4.55. The molecule has 0 bridgehead atoms. The number of nitrogens with one attached hydrogen (secondary N) is 1. The molecule has 1 amide bonds. The van der Waals surface area contributed by atoms with Gasteiger partial charge in [-0.3, -0.25) is 9.59 Å². The number of carbonyl (C=O) groups excluding carboxylic acids is 2. The van der Waals surface area contributed by atoms with Crippen molar-refractivity contribution < 1.29 is 19.8 Å². The molecule has 20 heavy (non-hydrogen) atoms. The predicted octanol–water partition coefficient (Wildman–Crippen LogP) is 2.04. The highest BCUT2D eigenvalue weighted by atomic mass is 35.5. The maximum absolute atomic E-state index is 12.2. The van der Waals surface area contributed by atoms with Crippen LogP contribution < -0.4 is 5.32 Å². The number of anilines is 1. The van der Waals surface area contributed by atoms with E-state index in [-0.39, 0.29) is 29.7 Å². The standard InChI is InChI=1S/C14H12ClNO4/c15-7-4-5-9-8(6-7)14(20,13(19)16-9)12-10(17)2-1-3-11(12)18/h4-6,17,20H,1-3H2,(H,16,19). The number of allylic oxidation sites excluding steroid dienone is 1. The third-order valence-corrected chi connectivity index (χ3v) is 3.93. The number of benzene rings is 1. The summed E-state index contributed by atoms with van der Waals surface area (Å²) in [7, 11) is 0. The summed E-state index contributed by atoms with van der Waals surface area (Å²) in [4.78, 5) is 24.2. The van der Waals surface area contributed by atoms with Gasteiger partial charge in [-0.25, -0.2) is 0 Å². The van der Waals surface area contributed by atoms with Gasteiger partial charge in [0.15, 0.2) is 5.78 Å². The van der Waals surface area contributed by atoms with E-state index in [9.17, 15) is 19.8 Å². The third-order valence-electron chi connectivity index (χ3n) is 3.69. The zero-order valence-corrected chi connectivity index (χ0v) is 11.2. The number of amides is 1. The number of hydrogen-bond acceptors (Lipinski definition) is 4. The second kappa shape index (κ2) is 4.33. The van der Waals surface area contributed by atoms with E-state index in [0.717, 1.165) is 0 Å². The minimum Gasteiger partial charge on any atom is -0.512 e. The average Bonchev–Trinajstić information content (AvgIpc) is 2.63. The normalized spacial score (nSPS) is 25.7. The Balaban J connectivity index is 2.25. The third kappa shape index (κ3) is 1.67. The lowest BCUT2D eigenvalue weighted by Gasteiger charge is -2.27. The molecular weight excluding hydrogens is 282 g/mol. The first-order valence-corrected chi connectivity index (χ1v) is 6.62. The van der Waals surface area contributed by atoms with Crippen LogP contribution in [-0.4, -0.2) is 21.9 Å². The van der Waals surface area contributed by atoms with Gasteiger partial charge in [-0.15, -0.1) is 0 Å². The zero-order valence-electron chi connectivity index (χ0n) is 10.4. The van der Waals surface area contributed by atoms with E-state index in [0.29, 0.717) is 17.1 Å². The number of Topliss-reactive ketones (excluding diaryl/α,β-unsaturated/α-hetero) is 1. The van der Waals surface area contributed by atoms with Crippen LogP contribution in [0.25, 0.3) is 0 Å². The molecule has 2 aliphatic rings. The number of carbonyl (C=O) groups is 2. The van der Waals surface area contributed by atoms with Gasteiger partial charge in [0.1, 0.15) is 5.76 Å². The molecule has 1 aliphatic heterocycles. The molecule has 0 radical (unpaired) electrons. The van der Waals surface area contributed by atoms with E-state index >= 15 is 0 Å².